The van der Waals surface area contributed by atoms with Gasteiger partial charge in [-0.05, 0) is 31.5 Å². The van der Waals surface area contributed by atoms with E-state index < -0.39 is 0 Å². The second-order valence-electron chi connectivity index (χ2n) is 7.42. The van der Waals surface area contributed by atoms with Crippen LogP contribution >= 0.6 is 0 Å². The number of benzene rings is 1. The van der Waals surface area contributed by atoms with Crippen molar-refractivity contribution in [2.45, 2.75) is 13.8 Å². The lowest BCUT2D eigenvalue weighted by molar-refractivity contribution is -0.117. The van der Waals surface area contributed by atoms with Gasteiger partial charge in [0.15, 0.2) is 5.82 Å². The van der Waals surface area contributed by atoms with Gasteiger partial charge < -0.3 is 10.2 Å². The van der Waals surface area contributed by atoms with Gasteiger partial charge in [-0.25, -0.2) is 4.98 Å². The Hall–Kier alpha value is -2.93. The molecule has 1 saturated heterocycles. The topological polar surface area (TPSA) is 66.3 Å². The minimum absolute atomic E-state index is 0.0220. The van der Waals surface area contributed by atoms with Crippen molar-refractivity contribution in [3.05, 3.63) is 47.7 Å². The van der Waals surface area contributed by atoms with Crippen molar-refractivity contribution in [2.75, 3.05) is 42.9 Å². The van der Waals surface area contributed by atoms with Crippen LogP contribution in [0.1, 0.15) is 11.3 Å². The highest BCUT2D eigenvalue weighted by Crippen LogP contribution is 2.23. The minimum atomic E-state index is -0.0220. The maximum absolute atomic E-state index is 12.3. The Bertz CT molecular complexity index is 984. The number of amides is 1. The zero-order valence-corrected chi connectivity index (χ0v) is 16.6. The molecule has 0 spiro atoms. The number of nitrogens with zero attached hydrogens (tertiary/aromatic N) is 5. The van der Waals surface area contributed by atoms with Crippen LogP contribution in [0.4, 0.5) is 11.6 Å². The van der Waals surface area contributed by atoms with Gasteiger partial charge in [-0.3, -0.25) is 14.4 Å². The Labute approximate surface area is 165 Å². The van der Waals surface area contributed by atoms with Gasteiger partial charge >= 0.3 is 0 Å². The lowest BCUT2D eigenvalue weighted by Gasteiger charge is -2.35. The van der Waals surface area contributed by atoms with Crippen LogP contribution < -0.4 is 10.2 Å². The van der Waals surface area contributed by atoms with Crippen LogP contribution in [0, 0.1) is 13.8 Å². The van der Waals surface area contributed by atoms with Crippen molar-refractivity contribution >= 4 is 28.4 Å². The summed E-state index contributed by atoms with van der Waals surface area (Å²) in [6.45, 7) is 7.87. The Morgan fingerprint density at radius 1 is 1.11 bits per heavy atom. The number of anilines is 2. The molecule has 1 aromatic carbocycles. The number of hydrogen-bond donors (Lipinski definition) is 1. The average Bonchev–Trinajstić information content (AvgIpc) is 2.99. The van der Waals surface area contributed by atoms with Crippen LogP contribution in [-0.4, -0.2) is 58.3 Å². The van der Waals surface area contributed by atoms with Crippen LogP contribution in [0.5, 0.6) is 0 Å². The van der Waals surface area contributed by atoms with Crippen molar-refractivity contribution in [1.82, 2.24) is 19.7 Å². The number of carbonyl (C=O) groups excluding carboxylic acids is 1. The summed E-state index contributed by atoms with van der Waals surface area (Å²) in [5.41, 5.74) is 3.29. The number of aromatic nitrogens is 3. The zero-order valence-electron chi connectivity index (χ0n) is 16.6. The Morgan fingerprint density at radius 2 is 1.86 bits per heavy atom. The summed E-state index contributed by atoms with van der Waals surface area (Å²) in [5.74, 6) is 1.61. The summed E-state index contributed by atoms with van der Waals surface area (Å²) in [4.78, 5) is 21.6. The predicted molar refractivity (Wildman–Crippen MR) is 112 cm³/mol. The molecule has 146 valence electrons. The molecule has 7 nitrogen and oxygen atoms in total. The molecule has 28 heavy (non-hydrogen) atoms. The first-order chi connectivity index (χ1) is 13.5. The van der Waals surface area contributed by atoms with Gasteiger partial charge in [-0.2, -0.15) is 5.10 Å². The highest BCUT2D eigenvalue weighted by Gasteiger charge is 2.21. The zero-order chi connectivity index (χ0) is 19.7. The standard InChI is InChI=1S/C21H26N6O/c1-15-12-20(22-18-7-5-4-6-17(15)18)27-10-8-26(9-11-27)14-21(28)23-19-13-16(2)25(3)24-19/h4-7,12-13H,8-11,14H2,1-3H3,(H,23,24,28). The van der Waals surface area contributed by atoms with Crippen molar-refractivity contribution in [3.63, 3.8) is 0 Å². The van der Waals surface area contributed by atoms with Crippen molar-refractivity contribution in [3.8, 4) is 0 Å². The third kappa shape index (κ3) is 3.84. The summed E-state index contributed by atoms with van der Waals surface area (Å²) >= 11 is 0. The lowest BCUT2D eigenvalue weighted by atomic mass is 10.1. The molecule has 0 radical (unpaired) electrons. The number of carbonyl (C=O) groups is 1. The largest absolute Gasteiger partial charge is 0.354 e. The van der Waals surface area contributed by atoms with Crippen molar-refractivity contribution in [1.29, 1.82) is 0 Å². The fourth-order valence-electron chi connectivity index (χ4n) is 3.64. The number of rotatable bonds is 4. The number of hydrogen-bond acceptors (Lipinski definition) is 5. The van der Waals surface area contributed by atoms with Crippen molar-refractivity contribution < 1.29 is 4.79 Å². The van der Waals surface area contributed by atoms with E-state index >= 15 is 0 Å². The van der Waals surface area contributed by atoms with Gasteiger partial charge in [0.05, 0.1) is 12.1 Å². The Kier molecular flexibility index (Phi) is 5.00. The van der Waals surface area contributed by atoms with Gasteiger partial charge in [0.1, 0.15) is 5.82 Å². The Morgan fingerprint density at radius 3 is 2.57 bits per heavy atom. The van der Waals surface area contributed by atoms with Crippen LogP contribution in [0.3, 0.4) is 0 Å². The van der Waals surface area contributed by atoms with Gasteiger partial charge in [0.25, 0.3) is 0 Å². The predicted octanol–water partition coefficient (Wildman–Crippen LogP) is 2.35. The van der Waals surface area contributed by atoms with E-state index in [9.17, 15) is 4.79 Å². The van der Waals surface area contributed by atoms with Crippen LogP contribution in [-0.2, 0) is 11.8 Å². The molecule has 3 aromatic rings. The van der Waals surface area contributed by atoms with E-state index in [1.165, 1.54) is 10.9 Å². The smallest absolute Gasteiger partial charge is 0.239 e. The number of fused-ring (bicyclic) bond motifs is 1. The van der Waals surface area contributed by atoms with E-state index in [-0.39, 0.29) is 5.91 Å². The molecule has 0 atom stereocenters. The lowest BCUT2D eigenvalue weighted by Crippen LogP contribution is -2.49. The van der Waals surface area contributed by atoms with Crippen LogP contribution in [0.2, 0.25) is 0 Å². The molecule has 1 fully saturated rings. The first kappa shape index (κ1) is 18.4. The molecule has 1 aliphatic heterocycles. The molecule has 2 aromatic heterocycles. The fourth-order valence-corrected chi connectivity index (χ4v) is 3.64. The molecular weight excluding hydrogens is 352 g/mol. The molecule has 4 rings (SSSR count). The summed E-state index contributed by atoms with van der Waals surface area (Å²) in [6, 6.07) is 12.3. The van der Waals surface area contributed by atoms with E-state index in [1.807, 2.05) is 32.2 Å². The highest BCUT2D eigenvalue weighted by atomic mass is 16.2. The minimum Gasteiger partial charge on any atom is -0.354 e. The molecule has 1 N–H and O–H groups in total. The molecule has 0 bridgehead atoms. The normalized spacial score (nSPS) is 15.2. The molecule has 1 amide bonds. The second kappa shape index (κ2) is 7.59. The molecular formula is C21H26N6O. The number of aryl methyl sites for hydroxylation is 3. The maximum atomic E-state index is 12.3. The van der Waals surface area contributed by atoms with Gasteiger partial charge in [-0.15, -0.1) is 0 Å². The third-order valence-electron chi connectivity index (χ3n) is 5.35. The van der Waals surface area contributed by atoms with Gasteiger partial charge in [0.2, 0.25) is 5.91 Å². The first-order valence-electron chi connectivity index (χ1n) is 9.64. The molecule has 0 aliphatic carbocycles. The SMILES string of the molecule is Cc1cc(N2CCN(CC(=O)Nc3cc(C)n(C)n3)CC2)nc2ccccc12. The second-order valence-corrected chi connectivity index (χ2v) is 7.42. The molecule has 0 unspecified atom stereocenters. The van der Waals surface area contributed by atoms with Crippen molar-refractivity contribution in [2.24, 2.45) is 7.05 Å². The molecule has 1 aliphatic rings. The van der Waals surface area contributed by atoms with Gasteiger partial charge in [-0.1, -0.05) is 18.2 Å². The fraction of sp³-hybridized carbons (Fsp3) is 0.381. The van der Waals surface area contributed by atoms with E-state index in [4.69, 9.17) is 4.98 Å². The summed E-state index contributed by atoms with van der Waals surface area (Å²) in [7, 11) is 1.87. The number of pyridine rings is 1. The molecule has 0 saturated carbocycles. The van der Waals surface area contributed by atoms with E-state index in [0.717, 1.165) is 43.2 Å². The first-order valence-corrected chi connectivity index (χ1v) is 9.64. The maximum Gasteiger partial charge on any atom is 0.239 e. The highest BCUT2D eigenvalue weighted by molar-refractivity contribution is 5.91. The molecule has 7 heteroatoms. The van der Waals surface area contributed by atoms with E-state index in [2.05, 4.69) is 45.3 Å². The monoisotopic (exact) mass is 378 g/mol. The number of nitrogens with one attached hydrogen (secondary N) is 1. The third-order valence-corrected chi connectivity index (χ3v) is 5.35. The average molecular weight is 378 g/mol. The number of para-hydroxylation sites is 1. The Balaban J connectivity index is 1.35. The van der Waals surface area contributed by atoms with Crippen LogP contribution in [0.25, 0.3) is 10.9 Å². The molecule has 3 heterocycles. The van der Waals surface area contributed by atoms with Crippen LogP contribution in [0.15, 0.2) is 36.4 Å². The summed E-state index contributed by atoms with van der Waals surface area (Å²) in [6.07, 6.45) is 0. The number of piperazine rings is 1. The summed E-state index contributed by atoms with van der Waals surface area (Å²) in [5, 5.41) is 8.36. The van der Waals surface area contributed by atoms with E-state index in [1.54, 1.807) is 4.68 Å². The quantitative estimate of drug-likeness (QED) is 0.755. The van der Waals surface area contributed by atoms with E-state index in [0.29, 0.717) is 12.4 Å². The van der Waals surface area contributed by atoms with Gasteiger partial charge in [0, 0.05) is 50.4 Å². The summed E-state index contributed by atoms with van der Waals surface area (Å²) < 4.78 is 1.76.